The summed E-state index contributed by atoms with van der Waals surface area (Å²) in [6.45, 7) is 6.48. The Balaban J connectivity index is 2.01. The van der Waals surface area contributed by atoms with Gasteiger partial charge in [0.15, 0.2) is 0 Å². The van der Waals surface area contributed by atoms with E-state index in [0.29, 0.717) is 5.82 Å². The molecular formula is C19H24N6O. The molecule has 0 saturated heterocycles. The van der Waals surface area contributed by atoms with E-state index in [1.807, 2.05) is 18.3 Å². The number of anilines is 2. The molecule has 0 radical (unpaired) electrons. The third kappa shape index (κ3) is 3.37. The van der Waals surface area contributed by atoms with Gasteiger partial charge < -0.3 is 10.2 Å². The van der Waals surface area contributed by atoms with Crippen LogP contribution in [0.15, 0.2) is 30.7 Å². The summed E-state index contributed by atoms with van der Waals surface area (Å²) in [5, 5.41) is 8.68. The Hall–Kier alpha value is -2.96. The number of pyridine rings is 2. The molecule has 0 aliphatic heterocycles. The predicted molar refractivity (Wildman–Crippen MR) is 103 cm³/mol. The number of aromatic nitrogens is 4. The molecule has 0 aliphatic carbocycles. The molecule has 3 heterocycles. The summed E-state index contributed by atoms with van der Waals surface area (Å²) in [6, 6.07) is 3.85. The zero-order valence-electron chi connectivity index (χ0n) is 15.8. The Morgan fingerprint density at radius 3 is 2.65 bits per heavy atom. The summed E-state index contributed by atoms with van der Waals surface area (Å²) in [7, 11) is 3.47. The van der Waals surface area contributed by atoms with E-state index in [2.05, 4.69) is 41.2 Å². The van der Waals surface area contributed by atoms with Gasteiger partial charge >= 0.3 is 0 Å². The van der Waals surface area contributed by atoms with Crippen molar-refractivity contribution in [3.63, 3.8) is 0 Å². The van der Waals surface area contributed by atoms with Gasteiger partial charge in [-0.2, -0.15) is 5.10 Å². The van der Waals surface area contributed by atoms with Crippen LogP contribution in [-0.2, 0) is 11.3 Å². The van der Waals surface area contributed by atoms with Crippen LogP contribution in [0.2, 0.25) is 0 Å². The molecule has 3 rings (SSSR count). The first-order valence-electron chi connectivity index (χ1n) is 8.61. The van der Waals surface area contributed by atoms with E-state index in [0.717, 1.165) is 27.8 Å². The lowest BCUT2D eigenvalue weighted by Gasteiger charge is -2.16. The molecule has 0 aromatic carbocycles. The van der Waals surface area contributed by atoms with Crippen LogP contribution >= 0.6 is 0 Å². The summed E-state index contributed by atoms with van der Waals surface area (Å²) in [4.78, 5) is 22.6. The minimum absolute atomic E-state index is 0.00785. The monoisotopic (exact) mass is 352 g/mol. The maximum atomic E-state index is 12.0. The Labute approximate surface area is 153 Å². The number of hydrogen-bond acceptors (Lipinski definition) is 5. The molecular weight excluding hydrogens is 328 g/mol. The highest BCUT2D eigenvalue weighted by Crippen LogP contribution is 2.30. The quantitative estimate of drug-likeness (QED) is 0.764. The highest BCUT2D eigenvalue weighted by atomic mass is 16.2. The molecule has 26 heavy (non-hydrogen) atoms. The number of carbonyl (C=O) groups excluding carboxylic acids is 1. The lowest BCUT2D eigenvalue weighted by molar-refractivity contribution is -0.129. The van der Waals surface area contributed by atoms with Crippen LogP contribution in [-0.4, -0.2) is 44.7 Å². The van der Waals surface area contributed by atoms with Crippen molar-refractivity contribution < 1.29 is 4.79 Å². The van der Waals surface area contributed by atoms with Crippen LogP contribution in [0.4, 0.5) is 11.5 Å². The first-order valence-corrected chi connectivity index (χ1v) is 8.61. The number of carbonyl (C=O) groups is 1. The molecule has 0 aliphatic rings. The van der Waals surface area contributed by atoms with Crippen LogP contribution in [0.3, 0.4) is 0 Å². The number of amides is 1. The van der Waals surface area contributed by atoms with E-state index >= 15 is 0 Å². The van der Waals surface area contributed by atoms with E-state index in [-0.39, 0.29) is 18.4 Å². The molecule has 136 valence electrons. The first kappa shape index (κ1) is 17.8. The van der Waals surface area contributed by atoms with Crippen LogP contribution in [0.5, 0.6) is 0 Å². The molecule has 0 bridgehead atoms. The van der Waals surface area contributed by atoms with Gasteiger partial charge in [0.25, 0.3) is 0 Å². The number of rotatable bonds is 5. The van der Waals surface area contributed by atoms with Gasteiger partial charge in [-0.3, -0.25) is 14.5 Å². The molecule has 3 aromatic heterocycles. The summed E-state index contributed by atoms with van der Waals surface area (Å²) < 4.78 is 1.70. The molecule has 7 heteroatoms. The lowest BCUT2D eigenvalue weighted by Crippen LogP contribution is -2.26. The highest BCUT2D eigenvalue weighted by Gasteiger charge is 2.15. The van der Waals surface area contributed by atoms with Crippen LogP contribution < -0.4 is 5.32 Å². The second kappa shape index (κ2) is 7.11. The van der Waals surface area contributed by atoms with Crippen molar-refractivity contribution in [3.8, 4) is 0 Å². The molecule has 0 saturated carbocycles. The van der Waals surface area contributed by atoms with Crippen molar-refractivity contribution in [2.45, 2.75) is 33.2 Å². The highest BCUT2D eigenvalue weighted by molar-refractivity contribution is 5.92. The molecule has 0 atom stereocenters. The van der Waals surface area contributed by atoms with Gasteiger partial charge in [0, 0.05) is 26.5 Å². The Morgan fingerprint density at radius 2 is 1.96 bits per heavy atom. The fourth-order valence-corrected chi connectivity index (χ4v) is 2.80. The Morgan fingerprint density at radius 1 is 1.23 bits per heavy atom. The second-order valence-electron chi connectivity index (χ2n) is 6.85. The van der Waals surface area contributed by atoms with Crippen molar-refractivity contribution in [2.75, 3.05) is 19.4 Å². The Bertz CT molecular complexity index is 944. The average Bonchev–Trinajstić information content (AvgIpc) is 3.00. The number of aryl methyl sites for hydroxylation is 1. The lowest BCUT2D eigenvalue weighted by atomic mass is 10.0. The molecule has 1 amide bonds. The van der Waals surface area contributed by atoms with E-state index in [9.17, 15) is 4.79 Å². The number of fused-ring (bicyclic) bond motifs is 1. The smallest absolute Gasteiger partial charge is 0.243 e. The summed E-state index contributed by atoms with van der Waals surface area (Å²) >= 11 is 0. The molecule has 3 aromatic rings. The minimum atomic E-state index is -0.00785. The van der Waals surface area contributed by atoms with Crippen LogP contribution in [0, 0.1) is 6.92 Å². The van der Waals surface area contributed by atoms with Crippen molar-refractivity contribution in [2.24, 2.45) is 0 Å². The topological polar surface area (TPSA) is 75.9 Å². The number of hydrogen-bond donors (Lipinski definition) is 1. The van der Waals surface area contributed by atoms with E-state index in [1.165, 1.54) is 0 Å². The van der Waals surface area contributed by atoms with E-state index in [1.54, 1.807) is 36.1 Å². The molecule has 7 nitrogen and oxygen atoms in total. The maximum Gasteiger partial charge on any atom is 0.243 e. The van der Waals surface area contributed by atoms with Crippen molar-refractivity contribution in [1.29, 1.82) is 0 Å². The van der Waals surface area contributed by atoms with Crippen molar-refractivity contribution >= 4 is 28.3 Å². The number of nitrogens with one attached hydrogen (secondary N) is 1. The largest absolute Gasteiger partial charge is 0.347 e. The van der Waals surface area contributed by atoms with Gasteiger partial charge in [-0.15, -0.1) is 0 Å². The summed E-state index contributed by atoms with van der Waals surface area (Å²) in [5.74, 6) is 0.993. The maximum absolute atomic E-state index is 12.0. The van der Waals surface area contributed by atoms with E-state index < -0.39 is 0 Å². The first-order chi connectivity index (χ1) is 12.4. The molecule has 0 spiro atoms. The standard InChI is InChI=1S/C19H24N6O/c1-12(2)17-18(13(3)6-8-20-17)23-19-14-10-22-25(11-16(26)24(4)5)15(14)7-9-21-19/h6-10,12H,11H2,1-5H3,(H,21,23). The van der Waals surface area contributed by atoms with Gasteiger partial charge in [0.2, 0.25) is 5.91 Å². The molecule has 0 unspecified atom stereocenters. The summed E-state index contributed by atoms with van der Waals surface area (Å²) in [6.07, 6.45) is 5.30. The number of nitrogens with zero attached hydrogens (tertiary/aromatic N) is 5. The third-order valence-corrected chi connectivity index (χ3v) is 4.33. The summed E-state index contributed by atoms with van der Waals surface area (Å²) in [5.41, 5.74) is 3.95. The predicted octanol–water partition coefficient (Wildman–Crippen LogP) is 3.09. The van der Waals surface area contributed by atoms with Gasteiger partial charge in [0.1, 0.15) is 12.4 Å². The van der Waals surface area contributed by atoms with E-state index in [4.69, 9.17) is 0 Å². The van der Waals surface area contributed by atoms with Crippen LogP contribution in [0.1, 0.15) is 31.0 Å². The van der Waals surface area contributed by atoms with Crippen molar-refractivity contribution in [1.82, 2.24) is 24.6 Å². The van der Waals surface area contributed by atoms with Gasteiger partial charge in [-0.05, 0) is 30.5 Å². The second-order valence-corrected chi connectivity index (χ2v) is 6.85. The fourth-order valence-electron chi connectivity index (χ4n) is 2.80. The molecule has 1 N–H and O–H groups in total. The van der Waals surface area contributed by atoms with Gasteiger partial charge in [-0.25, -0.2) is 4.98 Å². The SMILES string of the molecule is Cc1ccnc(C(C)C)c1Nc1nccc2c1cnn2CC(=O)N(C)C. The molecule has 0 fully saturated rings. The normalized spacial score (nSPS) is 11.2. The zero-order valence-corrected chi connectivity index (χ0v) is 15.8. The third-order valence-electron chi connectivity index (χ3n) is 4.33. The zero-order chi connectivity index (χ0) is 18.8. The average molecular weight is 352 g/mol. The minimum Gasteiger partial charge on any atom is -0.347 e. The van der Waals surface area contributed by atoms with Crippen molar-refractivity contribution in [3.05, 3.63) is 42.0 Å². The van der Waals surface area contributed by atoms with Crippen LogP contribution in [0.25, 0.3) is 10.9 Å². The Kier molecular flexibility index (Phi) is 4.88. The fraction of sp³-hybridized carbons (Fsp3) is 0.368. The van der Waals surface area contributed by atoms with Gasteiger partial charge in [-0.1, -0.05) is 13.8 Å². The number of likely N-dealkylation sites (N-methyl/N-ethyl adjacent to an activating group) is 1. The van der Waals surface area contributed by atoms with Gasteiger partial charge in [0.05, 0.1) is 28.5 Å².